The number of allylic oxidation sites excluding steroid dienone is 2. The van der Waals surface area contributed by atoms with Gasteiger partial charge in [0.15, 0.2) is 0 Å². The highest BCUT2D eigenvalue weighted by molar-refractivity contribution is 6.44. The maximum Gasteiger partial charge on any atom is 0.0341 e. The Morgan fingerprint density at radius 2 is 1.67 bits per heavy atom. The molecule has 9 heavy (non-hydrogen) atoms. The van der Waals surface area contributed by atoms with Crippen LogP contribution < -0.4 is 0 Å². The van der Waals surface area contributed by atoms with Crippen LogP contribution in [0.1, 0.15) is 12.8 Å². The summed E-state index contributed by atoms with van der Waals surface area (Å²) in [6, 6.07) is 0. The van der Waals surface area contributed by atoms with Crippen molar-refractivity contribution in [2.45, 2.75) is 17.3 Å². The zero-order valence-corrected chi connectivity index (χ0v) is 8.62. The first-order valence-corrected chi connectivity index (χ1v) is 4.41. The lowest BCUT2D eigenvalue weighted by atomic mass is 10.2. The predicted molar refractivity (Wildman–Crippen MR) is 48.2 cm³/mol. The minimum atomic E-state index is -0.0243. The van der Waals surface area contributed by atoms with Gasteiger partial charge in [0.2, 0.25) is 0 Å². The molecule has 0 aromatic carbocycles. The normalized spacial score (nSPS) is 11.2. The molecule has 0 aliphatic carbocycles. The Kier molecular flexibility index (Phi) is 3.90. The van der Waals surface area contributed by atoms with Gasteiger partial charge < -0.3 is 0 Å². The molecule has 2 heteroatoms. The van der Waals surface area contributed by atoms with Crippen LogP contribution in [-0.2, 0) is 0 Å². The molecule has 0 aromatic heterocycles. The van der Waals surface area contributed by atoms with Crippen LogP contribution in [-0.4, -0.2) is 14.7 Å². The molecule has 0 atom stereocenters. The highest BCUT2D eigenvalue weighted by atomic mass is 35.5. The molecule has 52 valence electrons. The summed E-state index contributed by atoms with van der Waals surface area (Å²) < 4.78 is -0.0243. The Morgan fingerprint density at radius 1 is 1.33 bits per heavy atom. The van der Waals surface area contributed by atoms with Crippen molar-refractivity contribution in [3.05, 3.63) is 25.3 Å². The van der Waals surface area contributed by atoms with Gasteiger partial charge in [-0.05, 0) is 12.8 Å². The average molecular weight is 161 g/mol. The third-order valence-electron chi connectivity index (χ3n) is 1.14. The van der Waals surface area contributed by atoms with Gasteiger partial charge >= 0.3 is 0 Å². The van der Waals surface area contributed by atoms with E-state index in [2.05, 4.69) is 13.2 Å². The van der Waals surface area contributed by atoms with Crippen LogP contribution in [0, 0.1) is 0 Å². The number of alkyl halides is 1. The zero-order valence-electron chi connectivity index (χ0n) is 5.86. The molecular formula is C7H13ClSi. The molecule has 0 heterocycles. The number of hydrogen-bond acceptors (Lipinski definition) is 0. The summed E-state index contributed by atoms with van der Waals surface area (Å²) in [5.74, 6) is 0. The van der Waals surface area contributed by atoms with Crippen LogP contribution in [0.15, 0.2) is 25.3 Å². The van der Waals surface area contributed by atoms with Crippen molar-refractivity contribution < 1.29 is 0 Å². The monoisotopic (exact) mass is 160 g/mol. The molecule has 0 nitrogen and oxygen atoms in total. The lowest BCUT2D eigenvalue weighted by Crippen LogP contribution is -2.18. The van der Waals surface area contributed by atoms with Crippen molar-refractivity contribution in [2.24, 2.45) is 0 Å². The van der Waals surface area contributed by atoms with E-state index < -0.39 is 0 Å². The van der Waals surface area contributed by atoms with Gasteiger partial charge in [-0.25, -0.2) is 0 Å². The van der Waals surface area contributed by atoms with Crippen LogP contribution in [0.5, 0.6) is 0 Å². The Balaban J connectivity index is 3.68. The maximum atomic E-state index is 6.06. The molecule has 0 fully saturated rings. The quantitative estimate of drug-likeness (QED) is 0.332. The highest BCUT2D eigenvalue weighted by Gasteiger charge is 2.15. The molecule has 0 radical (unpaired) electrons. The van der Waals surface area contributed by atoms with E-state index in [1.54, 1.807) is 0 Å². The number of rotatable bonds is 4. The molecule has 0 bridgehead atoms. The third-order valence-corrected chi connectivity index (χ3v) is 2.27. The second-order valence-corrected chi connectivity index (χ2v) is 5.86. The first-order valence-electron chi connectivity index (χ1n) is 3.03. The number of halogens is 1. The third kappa shape index (κ3) is 4.49. The summed E-state index contributed by atoms with van der Waals surface area (Å²) in [6.07, 6.45) is 5.52. The fourth-order valence-corrected chi connectivity index (χ4v) is 1.48. The fourth-order valence-electron chi connectivity index (χ4n) is 0.685. The summed E-state index contributed by atoms with van der Waals surface area (Å²) in [7, 11) is 0.991. The first kappa shape index (κ1) is 8.99. The van der Waals surface area contributed by atoms with Crippen molar-refractivity contribution in [2.75, 3.05) is 0 Å². The summed E-state index contributed by atoms with van der Waals surface area (Å²) in [4.78, 5) is 0. The SMILES string of the molecule is C=CCC([SiH3])(Cl)CC=C. The Hall–Kier alpha value is -0.0131. The van der Waals surface area contributed by atoms with Crippen molar-refractivity contribution in [3.8, 4) is 0 Å². The molecule has 0 amide bonds. The highest BCUT2D eigenvalue weighted by Crippen LogP contribution is 2.20. The van der Waals surface area contributed by atoms with Crippen LogP contribution in [0.3, 0.4) is 0 Å². The van der Waals surface area contributed by atoms with Crippen molar-refractivity contribution in [3.63, 3.8) is 0 Å². The van der Waals surface area contributed by atoms with E-state index in [0.717, 1.165) is 23.1 Å². The van der Waals surface area contributed by atoms with Gasteiger partial charge in [-0.2, -0.15) is 0 Å². The maximum absolute atomic E-state index is 6.06. The van der Waals surface area contributed by atoms with Gasteiger partial charge in [-0.15, -0.1) is 24.8 Å². The molecule has 0 rings (SSSR count). The molecular weight excluding hydrogens is 148 g/mol. The summed E-state index contributed by atoms with van der Waals surface area (Å²) in [5, 5.41) is 0. The topological polar surface area (TPSA) is 0 Å². The molecule has 0 spiro atoms. The molecule has 0 aliphatic rings. The van der Waals surface area contributed by atoms with Crippen LogP contribution in [0.4, 0.5) is 0 Å². The largest absolute Gasteiger partial charge is 0.123 e. The smallest absolute Gasteiger partial charge is 0.0341 e. The molecule has 0 saturated carbocycles. The average Bonchev–Trinajstić information content (AvgIpc) is 1.64. The predicted octanol–water partition coefficient (Wildman–Crippen LogP) is 1.44. The Labute approximate surface area is 65.0 Å². The van der Waals surface area contributed by atoms with E-state index in [0.29, 0.717) is 0 Å². The fraction of sp³-hybridized carbons (Fsp3) is 0.429. The van der Waals surface area contributed by atoms with Gasteiger partial charge in [0.25, 0.3) is 0 Å². The molecule has 0 saturated heterocycles. The zero-order chi connectivity index (χ0) is 7.33. The van der Waals surface area contributed by atoms with Crippen LogP contribution >= 0.6 is 11.6 Å². The minimum Gasteiger partial charge on any atom is -0.123 e. The van der Waals surface area contributed by atoms with Crippen molar-refractivity contribution in [1.29, 1.82) is 0 Å². The van der Waals surface area contributed by atoms with E-state index in [9.17, 15) is 0 Å². The van der Waals surface area contributed by atoms with Gasteiger partial charge in [0.1, 0.15) is 0 Å². The minimum absolute atomic E-state index is 0.0243. The van der Waals surface area contributed by atoms with E-state index in [1.165, 1.54) is 0 Å². The second kappa shape index (κ2) is 3.91. The van der Waals surface area contributed by atoms with Crippen molar-refractivity contribution >= 4 is 21.8 Å². The standard InChI is InChI=1S/C7H13ClSi/c1-3-5-7(8,9)6-4-2/h3-4H,1-2,5-6H2,9H3. The lowest BCUT2D eigenvalue weighted by molar-refractivity contribution is 0.802. The van der Waals surface area contributed by atoms with Gasteiger partial charge in [0, 0.05) is 14.7 Å². The van der Waals surface area contributed by atoms with Gasteiger partial charge in [-0.3, -0.25) is 0 Å². The number of hydrogen-bond donors (Lipinski definition) is 0. The van der Waals surface area contributed by atoms with Gasteiger partial charge in [-0.1, -0.05) is 12.2 Å². The molecule has 0 aromatic rings. The first-order chi connectivity index (χ1) is 4.12. The van der Waals surface area contributed by atoms with E-state index in [1.807, 2.05) is 12.2 Å². The summed E-state index contributed by atoms with van der Waals surface area (Å²) in [6.45, 7) is 7.26. The van der Waals surface area contributed by atoms with E-state index >= 15 is 0 Å². The van der Waals surface area contributed by atoms with E-state index in [4.69, 9.17) is 11.6 Å². The van der Waals surface area contributed by atoms with Gasteiger partial charge in [0.05, 0.1) is 0 Å². The molecule has 0 unspecified atom stereocenters. The van der Waals surface area contributed by atoms with Crippen LogP contribution in [0.2, 0.25) is 0 Å². The summed E-state index contributed by atoms with van der Waals surface area (Å²) >= 11 is 6.06. The second-order valence-electron chi connectivity index (χ2n) is 2.40. The molecule has 0 aliphatic heterocycles. The van der Waals surface area contributed by atoms with Crippen molar-refractivity contribution in [1.82, 2.24) is 0 Å². The Morgan fingerprint density at radius 3 is 1.89 bits per heavy atom. The van der Waals surface area contributed by atoms with Crippen LogP contribution in [0.25, 0.3) is 0 Å². The van der Waals surface area contributed by atoms with E-state index in [-0.39, 0.29) is 4.50 Å². The Bertz CT molecular complexity index is 95.5. The summed E-state index contributed by atoms with van der Waals surface area (Å²) in [5.41, 5.74) is 0. The molecule has 0 N–H and O–H groups in total. The lowest BCUT2D eigenvalue weighted by Gasteiger charge is -2.16.